The predicted octanol–water partition coefficient (Wildman–Crippen LogP) is 3.43. The van der Waals surface area contributed by atoms with Gasteiger partial charge in [-0.3, -0.25) is 4.79 Å². The van der Waals surface area contributed by atoms with Crippen molar-refractivity contribution in [1.82, 2.24) is 5.32 Å². The summed E-state index contributed by atoms with van der Waals surface area (Å²) in [6.07, 6.45) is 6.12. The zero-order valence-electron chi connectivity index (χ0n) is 13.2. The molecule has 0 heterocycles. The maximum absolute atomic E-state index is 11.7. The van der Waals surface area contributed by atoms with Crippen molar-refractivity contribution in [3.8, 4) is 0 Å². The molecular weight excluding hydrogens is 258 g/mol. The van der Waals surface area contributed by atoms with Crippen molar-refractivity contribution < 1.29 is 14.5 Å². The van der Waals surface area contributed by atoms with E-state index in [1.165, 1.54) is 26.4 Å². The minimum atomic E-state index is -0.196. The molecule has 0 aromatic carbocycles. The number of unbranched alkanes of at least 4 members (excludes halogenated alkanes) is 4. The number of carbonyl (C=O) groups excluding carboxylic acids is 1. The Morgan fingerprint density at radius 1 is 1.15 bits per heavy atom. The van der Waals surface area contributed by atoms with Crippen LogP contribution in [0.1, 0.15) is 59.3 Å². The molecule has 1 N–H and O–H groups in total. The summed E-state index contributed by atoms with van der Waals surface area (Å²) in [6.45, 7) is 6.63. The van der Waals surface area contributed by atoms with Gasteiger partial charge in [-0.05, 0) is 12.3 Å². The molecule has 118 valence electrons. The molecule has 6 nitrogen and oxygen atoms in total. The Morgan fingerprint density at radius 2 is 1.85 bits per heavy atom. The summed E-state index contributed by atoms with van der Waals surface area (Å²) in [5.74, 6) is 0.301. The molecule has 0 saturated carbocycles. The molecule has 0 aromatic heterocycles. The zero-order chi connectivity index (χ0) is 15.2. The van der Waals surface area contributed by atoms with Gasteiger partial charge in [-0.15, -0.1) is 0 Å². The maximum atomic E-state index is 11.7. The topological polar surface area (TPSA) is 72.3 Å². The summed E-state index contributed by atoms with van der Waals surface area (Å²) in [4.78, 5) is 21.3. The van der Waals surface area contributed by atoms with E-state index in [-0.39, 0.29) is 17.9 Å². The van der Waals surface area contributed by atoms with Gasteiger partial charge in [-0.25, -0.2) is 0 Å². The van der Waals surface area contributed by atoms with Crippen molar-refractivity contribution in [3.63, 3.8) is 0 Å². The molecule has 0 bridgehead atoms. The number of amides is 1. The number of rotatable bonds is 12. The molecule has 1 atom stereocenters. The molecule has 1 amide bonds. The molecule has 0 radical (unpaired) electrons. The van der Waals surface area contributed by atoms with Gasteiger partial charge in [0.2, 0.25) is 5.91 Å². The highest BCUT2D eigenvalue weighted by molar-refractivity contribution is 5.75. The van der Waals surface area contributed by atoms with Crippen molar-refractivity contribution in [2.75, 3.05) is 13.7 Å². The van der Waals surface area contributed by atoms with E-state index in [0.717, 1.165) is 12.8 Å². The number of nitrogens with one attached hydrogen (secondary N) is 1. The van der Waals surface area contributed by atoms with E-state index in [1.807, 2.05) is 13.8 Å². The second-order valence-electron chi connectivity index (χ2n) is 5.20. The third-order valence-electron chi connectivity index (χ3n) is 3.05. The van der Waals surface area contributed by atoms with E-state index in [1.54, 1.807) is 0 Å². The molecule has 0 rings (SSSR count). The molecule has 0 spiro atoms. The van der Waals surface area contributed by atoms with Crippen LogP contribution in [0.15, 0.2) is 10.6 Å². The lowest BCUT2D eigenvalue weighted by Gasteiger charge is -2.18. The van der Waals surface area contributed by atoms with Crippen molar-refractivity contribution in [1.29, 1.82) is 0 Å². The van der Waals surface area contributed by atoms with Gasteiger partial charge < -0.3 is 15.0 Å². The molecule has 0 unspecified atom stereocenters. The van der Waals surface area contributed by atoms with Gasteiger partial charge in [-0.1, -0.05) is 46.5 Å². The van der Waals surface area contributed by atoms with Gasteiger partial charge in [0.05, 0.1) is 17.1 Å². The molecule has 0 saturated heterocycles. The number of hydrogen-bond donors (Lipinski definition) is 1. The Bertz CT molecular complexity index is 270. The van der Waals surface area contributed by atoms with E-state index in [0.29, 0.717) is 13.0 Å². The lowest BCUT2D eigenvalue weighted by atomic mass is 10.1. The van der Waals surface area contributed by atoms with Crippen LogP contribution in [0.3, 0.4) is 0 Å². The third kappa shape index (κ3) is 10.6. The van der Waals surface area contributed by atoms with Gasteiger partial charge >= 0.3 is 0 Å². The van der Waals surface area contributed by atoms with E-state index in [9.17, 15) is 4.79 Å². The minimum Gasteiger partial charge on any atom is -0.380 e. The van der Waals surface area contributed by atoms with Crippen molar-refractivity contribution in [2.24, 2.45) is 16.5 Å². The van der Waals surface area contributed by atoms with Crippen molar-refractivity contribution >= 4 is 5.91 Å². The van der Waals surface area contributed by atoms with Crippen LogP contribution in [0, 0.1) is 5.92 Å². The Hall–Kier alpha value is -1.33. The highest BCUT2D eigenvalue weighted by Gasteiger charge is 2.16. The van der Waals surface area contributed by atoms with Gasteiger partial charge in [0, 0.05) is 6.42 Å². The Labute approximate surface area is 122 Å². The Balaban J connectivity index is 3.79. The molecule has 20 heavy (non-hydrogen) atoms. The fourth-order valence-corrected chi connectivity index (χ4v) is 1.70. The van der Waals surface area contributed by atoms with E-state index in [4.69, 9.17) is 4.84 Å². The van der Waals surface area contributed by atoms with E-state index < -0.39 is 0 Å². The average Bonchev–Trinajstić information content (AvgIpc) is 2.42. The van der Waals surface area contributed by atoms with Crippen LogP contribution in [0.2, 0.25) is 0 Å². The highest BCUT2D eigenvalue weighted by atomic mass is 16.7. The van der Waals surface area contributed by atoms with Crippen molar-refractivity contribution in [2.45, 2.75) is 65.4 Å². The lowest BCUT2D eigenvalue weighted by Crippen LogP contribution is -2.35. The third-order valence-corrected chi connectivity index (χ3v) is 3.05. The SMILES string of the molecule is CCCCCCCC(=O)NC[C@H](ON=NOC)C(C)C. The second-order valence-corrected chi connectivity index (χ2v) is 5.20. The van der Waals surface area contributed by atoms with Crippen LogP contribution in [0.4, 0.5) is 0 Å². The summed E-state index contributed by atoms with van der Waals surface area (Å²) < 4.78 is 0. The first-order chi connectivity index (χ1) is 9.61. The second kappa shape index (κ2) is 12.7. The van der Waals surface area contributed by atoms with Gasteiger partial charge in [-0.2, -0.15) is 0 Å². The van der Waals surface area contributed by atoms with Crippen LogP contribution in [-0.2, 0) is 14.5 Å². The predicted molar refractivity (Wildman–Crippen MR) is 78.0 cm³/mol. The molecule has 0 aliphatic carbocycles. The van der Waals surface area contributed by atoms with Gasteiger partial charge in [0.15, 0.2) is 0 Å². The summed E-state index contributed by atoms with van der Waals surface area (Å²) in [5, 5.41) is 9.60. The van der Waals surface area contributed by atoms with Crippen LogP contribution < -0.4 is 5.32 Å². The Morgan fingerprint density at radius 3 is 2.45 bits per heavy atom. The summed E-state index contributed by atoms with van der Waals surface area (Å²) >= 11 is 0. The quantitative estimate of drug-likeness (QED) is 0.339. The van der Waals surface area contributed by atoms with Gasteiger partial charge in [0.25, 0.3) is 0 Å². The highest BCUT2D eigenvalue weighted by Crippen LogP contribution is 2.07. The average molecular weight is 287 g/mol. The molecule has 0 aromatic rings. The maximum Gasteiger partial charge on any atom is 0.220 e. The largest absolute Gasteiger partial charge is 0.380 e. The first-order valence-corrected chi connectivity index (χ1v) is 7.47. The molecule has 6 heteroatoms. The lowest BCUT2D eigenvalue weighted by molar-refractivity contribution is -0.122. The first-order valence-electron chi connectivity index (χ1n) is 7.47. The minimum absolute atomic E-state index is 0.0689. The number of carbonyl (C=O) groups is 1. The monoisotopic (exact) mass is 287 g/mol. The normalized spacial score (nSPS) is 12.7. The van der Waals surface area contributed by atoms with Crippen LogP contribution in [-0.4, -0.2) is 25.7 Å². The molecular formula is C14H29N3O3. The fraction of sp³-hybridized carbons (Fsp3) is 0.929. The zero-order valence-corrected chi connectivity index (χ0v) is 13.2. The molecule has 0 aliphatic rings. The molecule has 0 fully saturated rings. The number of nitrogens with zero attached hydrogens (tertiary/aromatic N) is 2. The Kier molecular flexibility index (Phi) is 11.8. The van der Waals surface area contributed by atoms with Crippen molar-refractivity contribution in [3.05, 3.63) is 0 Å². The summed E-state index contributed by atoms with van der Waals surface area (Å²) in [5.41, 5.74) is 0. The summed E-state index contributed by atoms with van der Waals surface area (Å²) in [6, 6.07) is 0. The first kappa shape index (κ1) is 18.7. The van der Waals surface area contributed by atoms with E-state index >= 15 is 0 Å². The fourth-order valence-electron chi connectivity index (χ4n) is 1.70. The van der Waals surface area contributed by atoms with Gasteiger partial charge in [0.1, 0.15) is 13.2 Å². The standard InChI is InChI=1S/C14H29N3O3/c1-5-6-7-8-9-10-14(18)15-11-13(12(2)3)20-17-16-19-4/h12-13H,5-11H2,1-4H3,(H,15,18)/t13-/m0/s1. The van der Waals surface area contributed by atoms with E-state index in [2.05, 4.69) is 27.6 Å². The van der Waals surface area contributed by atoms with Crippen LogP contribution >= 0.6 is 0 Å². The summed E-state index contributed by atoms with van der Waals surface area (Å²) in [7, 11) is 1.40. The van der Waals surface area contributed by atoms with Crippen LogP contribution in [0.5, 0.6) is 0 Å². The van der Waals surface area contributed by atoms with Crippen LogP contribution in [0.25, 0.3) is 0 Å². The molecule has 0 aliphatic heterocycles. The number of hydrogen-bond acceptors (Lipinski definition) is 5. The smallest absolute Gasteiger partial charge is 0.220 e.